The summed E-state index contributed by atoms with van der Waals surface area (Å²) in [6, 6.07) is 0.777. The maximum absolute atomic E-state index is 4.98. The lowest BCUT2D eigenvalue weighted by molar-refractivity contribution is 0.240. The zero-order valence-electron chi connectivity index (χ0n) is 11.8. The monoisotopic (exact) mass is 273 g/mol. The van der Waals surface area contributed by atoms with Gasteiger partial charge in [0.25, 0.3) is 0 Å². The largest absolute Gasteiger partial charge is 0.467 e. The van der Waals surface area contributed by atoms with E-state index in [1.807, 2.05) is 25.5 Å². The summed E-state index contributed by atoms with van der Waals surface area (Å²) in [6.45, 7) is 3.96. The van der Waals surface area contributed by atoms with Gasteiger partial charge in [-0.2, -0.15) is 0 Å². The van der Waals surface area contributed by atoms with Crippen molar-refractivity contribution >= 4 is 0 Å². The summed E-state index contributed by atoms with van der Waals surface area (Å²) in [5.41, 5.74) is 2.21. The lowest BCUT2D eigenvalue weighted by atomic mass is 10.2. The van der Waals surface area contributed by atoms with Crippen molar-refractivity contribution in [3.8, 4) is 6.01 Å². The molecule has 1 atom stereocenters. The van der Waals surface area contributed by atoms with Gasteiger partial charge in [0.05, 0.1) is 13.2 Å². The van der Waals surface area contributed by atoms with Crippen LogP contribution in [0.15, 0.2) is 18.6 Å². The van der Waals surface area contributed by atoms with Gasteiger partial charge in [-0.1, -0.05) is 0 Å². The Morgan fingerprint density at radius 1 is 1.30 bits per heavy atom. The van der Waals surface area contributed by atoms with Crippen LogP contribution in [0.1, 0.15) is 36.0 Å². The Labute approximate surface area is 118 Å². The number of methoxy groups -OCH3 is 1. The fourth-order valence-electron chi connectivity index (χ4n) is 2.69. The molecule has 2 aromatic rings. The van der Waals surface area contributed by atoms with Gasteiger partial charge in [-0.15, -0.1) is 0 Å². The molecule has 3 rings (SSSR count). The first kappa shape index (κ1) is 13.1. The Kier molecular flexibility index (Phi) is 3.64. The molecule has 6 nitrogen and oxygen atoms in total. The van der Waals surface area contributed by atoms with Crippen LogP contribution in [0.5, 0.6) is 6.01 Å². The number of aromatic amines is 1. The normalized spacial score (nSPS) is 19.4. The maximum Gasteiger partial charge on any atom is 0.316 e. The molecule has 1 aliphatic rings. The molecular weight excluding hydrogens is 254 g/mol. The molecule has 1 fully saturated rings. The first-order valence-electron chi connectivity index (χ1n) is 6.86. The SMILES string of the molecule is COc1ncc(CN2CCC[C@@H]2c2ncc(C)[nH]2)cn1. The van der Waals surface area contributed by atoms with Gasteiger partial charge in [0.2, 0.25) is 0 Å². The van der Waals surface area contributed by atoms with Gasteiger partial charge in [-0.05, 0) is 26.3 Å². The van der Waals surface area contributed by atoms with E-state index in [0.29, 0.717) is 12.1 Å². The number of nitrogens with one attached hydrogen (secondary N) is 1. The molecule has 1 aliphatic heterocycles. The van der Waals surface area contributed by atoms with Crippen molar-refractivity contribution in [2.75, 3.05) is 13.7 Å². The smallest absolute Gasteiger partial charge is 0.316 e. The molecule has 0 aromatic carbocycles. The first-order valence-corrected chi connectivity index (χ1v) is 6.86. The van der Waals surface area contributed by atoms with Crippen molar-refractivity contribution in [3.63, 3.8) is 0 Å². The third-order valence-corrected chi connectivity index (χ3v) is 3.65. The molecule has 2 aromatic heterocycles. The highest BCUT2D eigenvalue weighted by molar-refractivity contribution is 5.10. The zero-order chi connectivity index (χ0) is 13.9. The predicted molar refractivity (Wildman–Crippen MR) is 74.3 cm³/mol. The first-order chi connectivity index (χ1) is 9.76. The van der Waals surface area contributed by atoms with Crippen LogP contribution in [-0.2, 0) is 6.54 Å². The molecule has 3 heterocycles. The third-order valence-electron chi connectivity index (χ3n) is 3.65. The van der Waals surface area contributed by atoms with E-state index < -0.39 is 0 Å². The van der Waals surface area contributed by atoms with Crippen molar-refractivity contribution in [1.82, 2.24) is 24.8 Å². The van der Waals surface area contributed by atoms with Gasteiger partial charge in [0.1, 0.15) is 5.82 Å². The van der Waals surface area contributed by atoms with E-state index in [-0.39, 0.29) is 0 Å². The van der Waals surface area contributed by atoms with Gasteiger partial charge >= 0.3 is 6.01 Å². The molecule has 20 heavy (non-hydrogen) atoms. The van der Waals surface area contributed by atoms with Gasteiger partial charge in [-0.25, -0.2) is 15.0 Å². The number of aryl methyl sites for hydroxylation is 1. The van der Waals surface area contributed by atoms with Crippen LogP contribution >= 0.6 is 0 Å². The van der Waals surface area contributed by atoms with E-state index in [1.165, 1.54) is 6.42 Å². The Hall–Kier alpha value is -1.95. The van der Waals surface area contributed by atoms with Gasteiger partial charge in [0, 0.05) is 36.4 Å². The molecule has 0 saturated carbocycles. The molecule has 1 N–H and O–H groups in total. The second kappa shape index (κ2) is 5.58. The van der Waals surface area contributed by atoms with Crippen LogP contribution in [0.4, 0.5) is 0 Å². The van der Waals surface area contributed by atoms with E-state index in [4.69, 9.17) is 4.74 Å². The van der Waals surface area contributed by atoms with Crippen LogP contribution in [0.3, 0.4) is 0 Å². The van der Waals surface area contributed by atoms with Gasteiger partial charge < -0.3 is 9.72 Å². The molecule has 0 unspecified atom stereocenters. The Bertz CT molecular complexity index is 565. The second-order valence-corrected chi connectivity index (χ2v) is 5.16. The summed E-state index contributed by atoms with van der Waals surface area (Å²) in [5.74, 6) is 1.06. The van der Waals surface area contributed by atoms with Crippen molar-refractivity contribution in [2.45, 2.75) is 32.4 Å². The van der Waals surface area contributed by atoms with E-state index in [9.17, 15) is 0 Å². The summed E-state index contributed by atoms with van der Waals surface area (Å²) in [6.07, 6.45) is 7.89. The average Bonchev–Trinajstić information content (AvgIpc) is 3.08. The van der Waals surface area contributed by atoms with Crippen molar-refractivity contribution in [2.24, 2.45) is 0 Å². The fraction of sp³-hybridized carbons (Fsp3) is 0.500. The highest BCUT2D eigenvalue weighted by atomic mass is 16.5. The quantitative estimate of drug-likeness (QED) is 0.921. The predicted octanol–water partition coefficient (Wildman–Crippen LogP) is 1.85. The van der Waals surface area contributed by atoms with Crippen LogP contribution in [0, 0.1) is 6.92 Å². The molecule has 0 radical (unpaired) electrons. The van der Waals surface area contributed by atoms with E-state index >= 15 is 0 Å². The topological polar surface area (TPSA) is 66.9 Å². The molecule has 1 saturated heterocycles. The minimum absolute atomic E-state index is 0.366. The number of hydrogen-bond acceptors (Lipinski definition) is 5. The summed E-state index contributed by atoms with van der Waals surface area (Å²) in [7, 11) is 1.57. The maximum atomic E-state index is 4.98. The minimum atomic E-state index is 0.366. The molecule has 0 aliphatic carbocycles. The Morgan fingerprint density at radius 2 is 2.10 bits per heavy atom. The molecule has 0 amide bonds. The van der Waals surface area contributed by atoms with Crippen molar-refractivity contribution in [3.05, 3.63) is 35.7 Å². The number of likely N-dealkylation sites (tertiary alicyclic amines) is 1. The zero-order valence-corrected chi connectivity index (χ0v) is 11.8. The molecule has 6 heteroatoms. The molecule has 0 spiro atoms. The van der Waals surface area contributed by atoms with Crippen LogP contribution in [0.2, 0.25) is 0 Å². The summed E-state index contributed by atoms with van der Waals surface area (Å²) in [4.78, 5) is 18.6. The van der Waals surface area contributed by atoms with Crippen molar-refractivity contribution < 1.29 is 4.74 Å². The molecule has 106 valence electrons. The standard InChI is InChI=1S/C14H19N5O/c1-10-6-15-13(18-10)12-4-3-5-19(12)9-11-7-16-14(20-2)17-8-11/h6-8,12H,3-5,9H2,1-2H3,(H,15,18)/t12-/m1/s1. The Morgan fingerprint density at radius 3 is 2.75 bits per heavy atom. The number of nitrogens with zero attached hydrogens (tertiary/aromatic N) is 4. The third kappa shape index (κ3) is 2.65. The molecule has 0 bridgehead atoms. The van der Waals surface area contributed by atoms with Crippen LogP contribution < -0.4 is 4.74 Å². The van der Waals surface area contributed by atoms with E-state index in [1.54, 1.807) is 7.11 Å². The number of ether oxygens (including phenoxy) is 1. The lowest BCUT2D eigenvalue weighted by Crippen LogP contribution is -2.23. The van der Waals surface area contributed by atoms with Gasteiger partial charge in [0.15, 0.2) is 0 Å². The Balaban J connectivity index is 1.72. The highest BCUT2D eigenvalue weighted by Crippen LogP contribution is 2.31. The van der Waals surface area contributed by atoms with E-state index in [0.717, 1.165) is 36.6 Å². The molecular formula is C14H19N5O. The summed E-state index contributed by atoms with van der Waals surface area (Å²) >= 11 is 0. The number of H-pyrrole nitrogens is 1. The van der Waals surface area contributed by atoms with E-state index in [2.05, 4.69) is 24.8 Å². The number of imidazole rings is 1. The minimum Gasteiger partial charge on any atom is -0.467 e. The van der Waals surface area contributed by atoms with Crippen molar-refractivity contribution in [1.29, 1.82) is 0 Å². The fourth-order valence-corrected chi connectivity index (χ4v) is 2.69. The summed E-state index contributed by atoms with van der Waals surface area (Å²) in [5, 5.41) is 0. The lowest BCUT2D eigenvalue weighted by Gasteiger charge is -2.22. The average molecular weight is 273 g/mol. The van der Waals surface area contributed by atoms with Crippen LogP contribution in [-0.4, -0.2) is 38.5 Å². The second-order valence-electron chi connectivity index (χ2n) is 5.16. The van der Waals surface area contributed by atoms with Gasteiger partial charge in [-0.3, -0.25) is 4.90 Å². The number of rotatable bonds is 4. The van der Waals surface area contributed by atoms with Crippen LogP contribution in [0.25, 0.3) is 0 Å². The highest BCUT2D eigenvalue weighted by Gasteiger charge is 2.28. The number of aromatic nitrogens is 4. The number of hydrogen-bond donors (Lipinski definition) is 1. The summed E-state index contributed by atoms with van der Waals surface area (Å²) < 4.78 is 4.98.